The van der Waals surface area contributed by atoms with Gasteiger partial charge in [0.05, 0.1) is 5.75 Å². The SMILES string of the molecule is CCS(=O)(=O)N1CCCC[C@H]1c1nc(-c2nn[nH]n2)no1. The van der Waals surface area contributed by atoms with Crippen LogP contribution in [0.1, 0.15) is 38.1 Å². The summed E-state index contributed by atoms with van der Waals surface area (Å²) >= 11 is 0. The molecule has 3 rings (SSSR count). The molecule has 2 aromatic heterocycles. The third kappa shape index (κ3) is 2.65. The van der Waals surface area contributed by atoms with Crippen LogP contribution in [-0.2, 0) is 10.0 Å². The largest absolute Gasteiger partial charge is 0.337 e. The van der Waals surface area contributed by atoms with Crippen LogP contribution in [0.5, 0.6) is 0 Å². The average molecular weight is 313 g/mol. The van der Waals surface area contributed by atoms with Crippen molar-refractivity contribution in [3.63, 3.8) is 0 Å². The second kappa shape index (κ2) is 5.48. The van der Waals surface area contributed by atoms with Gasteiger partial charge in [-0.25, -0.2) is 8.42 Å². The Kier molecular flexibility index (Phi) is 3.68. The summed E-state index contributed by atoms with van der Waals surface area (Å²) < 4.78 is 31.0. The molecule has 1 atom stereocenters. The fourth-order valence-electron chi connectivity index (χ4n) is 2.37. The number of rotatable bonds is 4. The Labute approximate surface area is 121 Å². The third-order valence-electron chi connectivity index (χ3n) is 3.45. The van der Waals surface area contributed by atoms with Crippen molar-refractivity contribution in [2.75, 3.05) is 12.3 Å². The lowest BCUT2D eigenvalue weighted by Crippen LogP contribution is -2.39. The highest BCUT2D eigenvalue weighted by atomic mass is 32.2. The number of piperidine rings is 1. The zero-order valence-corrected chi connectivity index (χ0v) is 12.2. The van der Waals surface area contributed by atoms with Gasteiger partial charge in [0, 0.05) is 6.54 Å². The summed E-state index contributed by atoms with van der Waals surface area (Å²) in [7, 11) is -3.31. The van der Waals surface area contributed by atoms with Gasteiger partial charge in [0.2, 0.25) is 27.6 Å². The predicted octanol–water partition coefficient (Wildman–Crippen LogP) is 0.126. The summed E-state index contributed by atoms with van der Waals surface area (Å²) in [5.74, 6) is 0.727. The lowest BCUT2D eigenvalue weighted by atomic mass is 10.1. The van der Waals surface area contributed by atoms with E-state index in [4.69, 9.17) is 4.52 Å². The molecule has 0 aromatic carbocycles. The molecule has 0 bridgehead atoms. The van der Waals surface area contributed by atoms with Crippen LogP contribution in [0.25, 0.3) is 11.6 Å². The summed E-state index contributed by atoms with van der Waals surface area (Å²) in [6.45, 7) is 2.10. The lowest BCUT2D eigenvalue weighted by Gasteiger charge is -2.31. The molecule has 1 N–H and O–H groups in total. The van der Waals surface area contributed by atoms with Crippen molar-refractivity contribution in [3.8, 4) is 11.6 Å². The van der Waals surface area contributed by atoms with E-state index in [9.17, 15) is 8.42 Å². The van der Waals surface area contributed by atoms with Gasteiger partial charge in [-0.2, -0.15) is 14.5 Å². The second-order valence-corrected chi connectivity index (χ2v) is 6.92. The number of aromatic amines is 1. The van der Waals surface area contributed by atoms with Crippen LogP contribution in [0.2, 0.25) is 0 Å². The molecule has 0 saturated carbocycles. The maximum atomic E-state index is 12.2. The number of hydrogen-bond donors (Lipinski definition) is 1. The summed E-state index contributed by atoms with van der Waals surface area (Å²) in [5, 5.41) is 17.0. The van der Waals surface area contributed by atoms with Gasteiger partial charge >= 0.3 is 0 Å². The molecule has 1 aliphatic rings. The quantitative estimate of drug-likeness (QED) is 0.842. The van der Waals surface area contributed by atoms with Gasteiger partial charge in [0.1, 0.15) is 6.04 Å². The number of H-pyrrole nitrogens is 1. The number of hydrogen-bond acceptors (Lipinski definition) is 8. The Morgan fingerprint density at radius 1 is 1.38 bits per heavy atom. The van der Waals surface area contributed by atoms with Crippen molar-refractivity contribution in [2.45, 2.75) is 32.2 Å². The summed E-state index contributed by atoms with van der Waals surface area (Å²) in [5.41, 5.74) is 0. The Morgan fingerprint density at radius 2 is 2.24 bits per heavy atom. The van der Waals surface area contributed by atoms with Crippen LogP contribution in [0, 0.1) is 0 Å². The minimum Gasteiger partial charge on any atom is -0.337 e. The fourth-order valence-corrected chi connectivity index (χ4v) is 3.69. The smallest absolute Gasteiger partial charge is 0.245 e. The van der Waals surface area contributed by atoms with Crippen LogP contribution < -0.4 is 0 Å². The third-order valence-corrected chi connectivity index (χ3v) is 5.33. The van der Waals surface area contributed by atoms with Gasteiger partial charge in [0.25, 0.3) is 0 Å². The van der Waals surface area contributed by atoms with E-state index in [0.29, 0.717) is 13.0 Å². The van der Waals surface area contributed by atoms with Crippen LogP contribution in [-0.4, -0.2) is 55.8 Å². The van der Waals surface area contributed by atoms with Crippen LogP contribution in [0.15, 0.2) is 4.52 Å². The molecule has 1 fully saturated rings. The number of aromatic nitrogens is 6. The minimum absolute atomic E-state index is 0.0509. The Balaban J connectivity index is 1.91. The van der Waals surface area contributed by atoms with E-state index in [1.165, 1.54) is 4.31 Å². The van der Waals surface area contributed by atoms with Crippen molar-refractivity contribution in [2.24, 2.45) is 0 Å². The number of sulfonamides is 1. The van der Waals surface area contributed by atoms with E-state index in [1.54, 1.807) is 6.92 Å². The van der Waals surface area contributed by atoms with Gasteiger partial charge in [-0.15, -0.1) is 10.2 Å². The highest BCUT2D eigenvalue weighted by Crippen LogP contribution is 2.32. The molecular formula is C10H15N7O3S. The van der Waals surface area contributed by atoms with Crippen molar-refractivity contribution in [1.82, 2.24) is 35.1 Å². The molecule has 0 amide bonds. The Morgan fingerprint density at radius 3 is 2.95 bits per heavy atom. The van der Waals surface area contributed by atoms with E-state index < -0.39 is 16.1 Å². The zero-order chi connectivity index (χ0) is 14.9. The standard InChI is InChI=1S/C10H15N7O3S/c1-2-21(18,19)17-6-4-3-5-7(17)10-11-8(14-20-10)9-12-15-16-13-9/h7H,2-6H2,1H3,(H,12,13,15,16)/t7-/m0/s1. The van der Waals surface area contributed by atoms with E-state index in [2.05, 4.69) is 30.8 Å². The van der Waals surface area contributed by atoms with Gasteiger partial charge in [-0.3, -0.25) is 0 Å². The van der Waals surface area contributed by atoms with E-state index in [0.717, 1.165) is 12.8 Å². The van der Waals surface area contributed by atoms with Crippen molar-refractivity contribution < 1.29 is 12.9 Å². The second-order valence-electron chi connectivity index (χ2n) is 4.71. The zero-order valence-electron chi connectivity index (χ0n) is 11.4. The molecular weight excluding hydrogens is 298 g/mol. The predicted molar refractivity (Wildman–Crippen MR) is 70.2 cm³/mol. The molecule has 21 heavy (non-hydrogen) atoms. The highest BCUT2D eigenvalue weighted by Gasteiger charge is 2.36. The minimum atomic E-state index is -3.31. The first-order valence-corrected chi connectivity index (χ1v) is 8.29. The molecule has 1 aliphatic heterocycles. The van der Waals surface area contributed by atoms with Crippen molar-refractivity contribution in [1.29, 1.82) is 0 Å². The number of tetrazole rings is 1. The van der Waals surface area contributed by atoms with Crippen molar-refractivity contribution >= 4 is 10.0 Å². The molecule has 11 heteroatoms. The summed E-state index contributed by atoms with van der Waals surface area (Å²) in [6.07, 6.45) is 2.41. The Hall–Kier alpha value is -1.88. The summed E-state index contributed by atoms with van der Waals surface area (Å²) in [4.78, 5) is 4.21. The number of nitrogens with zero attached hydrogens (tertiary/aromatic N) is 6. The molecule has 0 radical (unpaired) electrons. The maximum absolute atomic E-state index is 12.2. The maximum Gasteiger partial charge on any atom is 0.245 e. The van der Waals surface area contributed by atoms with Gasteiger partial charge in [-0.05, 0) is 25.0 Å². The monoisotopic (exact) mass is 313 g/mol. The van der Waals surface area contributed by atoms with Gasteiger partial charge in [0.15, 0.2) is 0 Å². The van der Waals surface area contributed by atoms with Crippen molar-refractivity contribution in [3.05, 3.63) is 5.89 Å². The summed E-state index contributed by atoms with van der Waals surface area (Å²) in [6, 6.07) is -0.420. The topological polar surface area (TPSA) is 131 Å². The molecule has 0 unspecified atom stereocenters. The average Bonchev–Trinajstić information content (AvgIpc) is 3.18. The highest BCUT2D eigenvalue weighted by molar-refractivity contribution is 7.89. The molecule has 114 valence electrons. The molecule has 0 aliphatic carbocycles. The Bertz CT molecular complexity index is 696. The van der Waals surface area contributed by atoms with Gasteiger partial charge in [-0.1, -0.05) is 11.6 Å². The van der Waals surface area contributed by atoms with E-state index in [1.807, 2.05) is 0 Å². The first-order chi connectivity index (χ1) is 10.1. The fraction of sp³-hybridized carbons (Fsp3) is 0.700. The van der Waals surface area contributed by atoms with Crippen LogP contribution in [0.3, 0.4) is 0 Å². The first kappa shape index (κ1) is 14.1. The van der Waals surface area contributed by atoms with Crippen LogP contribution in [0.4, 0.5) is 0 Å². The molecule has 3 heterocycles. The normalized spacial score (nSPS) is 20.7. The lowest BCUT2D eigenvalue weighted by molar-refractivity contribution is 0.205. The van der Waals surface area contributed by atoms with E-state index >= 15 is 0 Å². The van der Waals surface area contributed by atoms with Crippen LogP contribution >= 0.6 is 0 Å². The molecule has 1 saturated heterocycles. The van der Waals surface area contributed by atoms with Gasteiger partial charge < -0.3 is 4.52 Å². The molecule has 10 nitrogen and oxygen atoms in total. The molecule has 2 aromatic rings. The van der Waals surface area contributed by atoms with E-state index in [-0.39, 0.29) is 23.3 Å². The first-order valence-electron chi connectivity index (χ1n) is 6.68. The number of nitrogens with one attached hydrogen (secondary N) is 1. The molecule has 0 spiro atoms.